The molecule has 0 fully saturated rings. The third kappa shape index (κ3) is 3.27. The van der Waals surface area contributed by atoms with Crippen molar-refractivity contribution in [3.8, 4) is 5.75 Å². The first-order valence-corrected chi connectivity index (χ1v) is 6.73. The van der Waals surface area contributed by atoms with Crippen LogP contribution in [-0.4, -0.2) is 12.0 Å². The largest absolute Gasteiger partial charge is 0.488 e. The van der Waals surface area contributed by atoms with Crippen molar-refractivity contribution in [3.05, 3.63) is 62.6 Å². The van der Waals surface area contributed by atoms with Crippen molar-refractivity contribution in [2.75, 3.05) is 12.4 Å². The quantitative estimate of drug-likeness (QED) is 0.662. The zero-order chi connectivity index (χ0) is 14.5. The van der Waals surface area contributed by atoms with Gasteiger partial charge in [-0.2, -0.15) is 0 Å². The summed E-state index contributed by atoms with van der Waals surface area (Å²) in [5.41, 5.74) is 1.39. The summed E-state index contributed by atoms with van der Waals surface area (Å²) in [7, 11) is 1.65. The second-order valence-electron chi connectivity index (χ2n) is 4.08. The number of hydrogen-bond acceptors (Lipinski definition) is 4. The first-order valence-electron chi connectivity index (χ1n) is 5.94. The molecule has 0 aliphatic carbocycles. The van der Waals surface area contributed by atoms with Crippen molar-refractivity contribution in [2.45, 2.75) is 6.61 Å². The normalized spacial score (nSPS) is 10.1. The maximum Gasteiger partial charge on any atom is 0.292 e. The molecule has 0 unspecified atom stereocenters. The molecule has 0 atom stereocenters. The second kappa shape index (κ2) is 6.38. The fourth-order valence-corrected chi connectivity index (χ4v) is 2.15. The summed E-state index contributed by atoms with van der Waals surface area (Å²) < 4.78 is 6.55. The van der Waals surface area contributed by atoms with Crippen LogP contribution in [0.4, 0.5) is 11.4 Å². The van der Waals surface area contributed by atoms with E-state index in [4.69, 9.17) is 4.74 Å². The van der Waals surface area contributed by atoms with Gasteiger partial charge in [-0.3, -0.25) is 10.1 Å². The molecular weight excluding hydrogens is 324 g/mol. The molecule has 0 heterocycles. The minimum absolute atomic E-state index is 0.0529. The van der Waals surface area contributed by atoms with Crippen LogP contribution in [0.5, 0.6) is 5.75 Å². The monoisotopic (exact) mass is 336 g/mol. The smallest absolute Gasteiger partial charge is 0.292 e. The van der Waals surface area contributed by atoms with E-state index >= 15 is 0 Å². The van der Waals surface area contributed by atoms with E-state index in [1.165, 1.54) is 6.07 Å². The lowest BCUT2D eigenvalue weighted by atomic mass is 10.2. The third-order valence-electron chi connectivity index (χ3n) is 2.76. The Balaban J connectivity index is 2.15. The average molecular weight is 337 g/mol. The van der Waals surface area contributed by atoms with Gasteiger partial charge in [0.1, 0.15) is 18.0 Å². The van der Waals surface area contributed by atoms with Gasteiger partial charge in [0.2, 0.25) is 0 Å². The van der Waals surface area contributed by atoms with E-state index in [0.29, 0.717) is 12.3 Å². The summed E-state index contributed by atoms with van der Waals surface area (Å²) >= 11 is 3.40. The first-order chi connectivity index (χ1) is 9.61. The number of ether oxygens (including phenoxy) is 1. The SMILES string of the molecule is CNc1cc(COc2ccccc2Br)ccc1[N+](=O)[O-]. The predicted molar refractivity (Wildman–Crippen MR) is 81.1 cm³/mol. The lowest BCUT2D eigenvalue weighted by Gasteiger charge is -2.09. The van der Waals surface area contributed by atoms with Crippen LogP contribution in [0.15, 0.2) is 46.9 Å². The Bertz CT molecular complexity index is 632. The molecule has 0 amide bonds. The van der Waals surface area contributed by atoms with Crippen molar-refractivity contribution >= 4 is 27.3 Å². The zero-order valence-electron chi connectivity index (χ0n) is 10.8. The number of nitro benzene ring substituents is 1. The van der Waals surface area contributed by atoms with Crippen molar-refractivity contribution in [1.82, 2.24) is 0 Å². The van der Waals surface area contributed by atoms with Crippen LogP contribution in [0.25, 0.3) is 0 Å². The molecule has 5 nitrogen and oxygen atoms in total. The molecule has 0 aliphatic heterocycles. The summed E-state index contributed by atoms with van der Waals surface area (Å²) in [6.07, 6.45) is 0. The Labute approximate surface area is 124 Å². The molecule has 20 heavy (non-hydrogen) atoms. The molecule has 104 valence electrons. The van der Waals surface area contributed by atoms with Crippen LogP contribution < -0.4 is 10.1 Å². The van der Waals surface area contributed by atoms with Crippen LogP contribution in [0.3, 0.4) is 0 Å². The summed E-state index contributed by atoms with van der Waals surface area (Å²) in [6, 6.07) is 12.4. The molecule has 2 aromatic carbocycles. The van der Waals surface area contributed by atoms with Gasteiger partial charge in [-0.05, 0) is 45.8 Å². The van der Waals surface area contributed by atoms with Gasteiger partial charge in [-0.15, -0.1) is 0 Å². The van der Waals surface area contributed by atoms with Gasteiger partial charge in [0.25, 0.3) is 5.69 Å². The number of benzene rings is 2. The number of para-hydroxylation sites is 1. The molecule has 2 rings (SSSR count). The van der Waals surface area contributed by atoms with Gasteiger partial charge in [0.05, 0.1) is 9.40 Å². The zero-order valence-corrected chi connectivity index (χ0v) is 12.4. The molecular formula is C14H13BrN2O3. The molecule has 0 aliphatic rings. The highest BCUT2D eigenvalue weighted by atomic mass is 79.9. The van der Waals surface area contributed by atoms with Gasteiger partial charge < -0.3 is 10.1 Å². The summed E-state index contributed by atoms with van der Waals surface area (Å²) in [5.74, 6) is 0.733. The maximum absolute atomic E-state index is 10.8. The molecule has 1 N–H and O–H groups in total. The highest BCUT2D eigenvalue weighted by molar-refractivity contribution is 9.10. The van der Waals surface area contributed by atoms with Crippen molar-refractivity contribution < 1.29 is 9.66 Å². The number of rotatable bonds is 5. The van der Waals surface area contributed by atoms with E-state index in [-0.39, 0.29) is 5.69 Å². The Morgan fingerprint density at radius 1 is 1.30 bits per heavy atom. The average Bonchev–Trinajstić information content (AvgIpc) is 2.46. The fourth-order valence-electron chi connectivity index (χ4n) is 1.76. The van der Waals surface area contributed by atoms with Crippen LogP contribution in [-0.2, 0) is 6.61 Å². The maximum atomic E-state index is 10.8. The van der Waals surface area contributed by atoms with E-state index < -0.39 is 4.92 Å². The Morgan fingerprint density at radius 2 is 2.05 bits per heavy atom. The van der Waals surface area contributed by atoms with E-state index in [1.807, 2.05) is 24.3 Å². The predicted octanol–water partition coefficient (Wildman–Crippen LogP) is 3.98. The van der Waals surface area contributed by atoms with E-state index in [2.05, 4.69) is 21.2 Å². The van der Waals surface area contributed by atoms with Crippen LogP contribution in [0.2, 0.25) is 0 Å². The molecule has 0 radical (unpaired) electrons. The molecule has 0 saturated heterocycles. The Kier molecular flexibility index (Phi) is 4.57. The van der Waals surface area contributed by atoms with Gasteiger partial charge in [-0.1, -0.05) is 12.1 Å². The topological polar surface area (TPSA) is 64.4 Å². The lowest BCUT2D eigenvalue weighted by Crippen LogP contribution is -2.00. The summed E-state index contributed by atoms with van der Waals surface area (Å²) in [5, 5.41) is 13.7. The van der Waals surface area contributed by atoms with Gasteiger partial charge in [0.15, 0.2) is 0 Å². The van der Waals surface area contributed by atoms with Gasteiger partial charge in [-0.25, -0.2) is 0 Å². The number of nitro groups is 1. The molecule has 2 aromatic rings. The number of halogens is 1. The highest BCUT2D eigenvalue weighted by Crippen LogP contribution is 2.27. The molecule has 0 spiro atoms. The minimum Gasteiger partial charge on any atom is -0.488 e. The van der Waals surface area contributed by atoms with Gasteiger partial charge >= 0.3 is 0 Å². The molecule has 0 aromatic heterocycles. The van der Waals surface area contributed by atoms with Crippen molar-refractivity contribution in [1.29, 1.82) is 0 Å². The van der Waals surface area contributed by atoms with E-state index in [0.717, 1.165) is 15.8 Å². The Hall–Kier alpha value is -2.08. The van der Waals surface area contributed by atoms with Crippen molar-refractivity contribution in [3.63, 3.8) is 0 Å². The summed E-state index contributed by atoms with van der Waals surface area (Å²) in [6.45, 7) is 0.343. The van der Waals surface area contributed by atoms with Crippen LogP contribution >= 0.6 is 15.9 Å². The molecule has 0 saturated carbocycles. The molecule has 0 bridgehead atoms. The fraction of sp³-hybridized carbons (Fsp3) is 0.143. The standard InChI is InChI=1S/C14H13BrN2O3/c1-16-12-8-10(6-7-13(12)17(18)19)9-20-14-5-3-2-4-11(14)15/h2-8,16H,9H2,1H3. The van der Waals surface area contributed by atoms with Crippen LogP contribution in [0, 0.1) is 10.1 Å². The lowest BCUT2D eigenvalue weighted by molar-refractivity contribution is -0.384. The molecule has 6 heteroatoms. The Morgan fingerprint density at radius 3 is 2.70 bits per heavy atom. The number of anilines is 1. The highest BCUT2D eigenvalue weighted by Gasteiger charge is 2.13. The van der Waals surface area contributed by atoms with Crippen LogP contribution in [0.1, 0.15) is 5.56 Å². The minimum atomic E-state index is -0.412. The van der Waals surface area contributed by atoms with Crippen molar-refractivity contribution in [2.24, 2.45) is 0 Å². The van der Waals surface area contributed by atoms with Gasteiger partial charge in [0, 0.05) is 13.1 Å². The number of nitrogens with zero attached hydrogens (tertiary/aromatic N) is 1. The summed E-state index contributed by atoms with van der Waals surface area (Å²) in [4.78, 5) is 10.4. The number of hydrogen-bond donors (Lipinski definition) is 1. The number of nitrogens with one attached hydrogen (secondary N) is 1. The van der Waals surface area contributed by atoms with E-state index in [1.54, 1.807) is 19.2 Å². The van der Waals surface area contributed by atoms with E-state index in [9.17, 15) is 10.1 Å². The second-order valence-corrected chi connectivity index (χ2v) is 4.93. The third-order valence-corrected chi connectivity index (χ3v) is 3.41. The first kappa shape index (κ1) is 14.3.